The van der Waals surface area contributed by atoms with E-state index in [-0.39, 0.29) is 36.8 Å². The molecule has 0 amide bonds. The van der Waals surface area contributed by atoms with Crippen LogP contribution in [0.3, 0.4) is 0 Å². The van der Waals surface area contributed by atoms with Crippen LogP contribution < -0.4 is 5.32 Å². The molecule has 1 aliphatic heterocycles. The Morgan fingerprint density at radius 3 is 2.29 bits per heavy atom. The first kappa shape index (κ1) is 23.3. The smallest absolute Gasteiger partial charge is 0.353 e. The molecule has 1 heterocycles. The van der Waals surface area contributed by atoms with E-state index < -0.39 is 12.1 Å². The highest BCUT2D eigenvalue weighted by Crippen LogP contribution is 2.36. The second kappa shape index (κ2) is 10.1. The number of guanidine groups is 1. The van der Waals surface area contributed by atoms with E-state index in [1.807, 2.05) is 37.2 Å². The Morgan fingerprint density at radius 2 is 1.75 bits per heavy atom. The number of hydrogen-bond donors (Lipinski definition) is 1. The minimum absolute atomic E-state index is 0. The Labute approximate surface area is 182 Å². The summed E-state index contributed by atoms with van der Waals surface area (Å²) in [5.41, 5.74) is 1.16. The molecule has 0 bridgehead atoms. The van der Waals surface area contributed by atoms with Crippen molar-refractivity contribution in [3.8, 4) is 0 Å². The molecule has 4 nitrogen and oxygen atoms in total. The molecule has 1 aliphatic carbocycles. The van der Waals surface area contributed by atoms with E-state index in [0.717, 1.165) is 24.4 Å². The molecule has 1 saturated carbocycles. The number of nitrogens with zero attached hydrogens (tertiary/aromatic N) is 3. The van der Waals surface area contributed by atoms with Gasteiger partial charge in [0.2, 0.25) is 0 Å². The summed E-state index contributed by atoms with van der Waals surface area (Å²) in [4.78, 5) is 8.89. The SMILES string of the molecule is CN(C)C(=NCc1ccccc1)NC1CC(N2CCC(C(F)(F)F)CC2)C1.I. The van der Waals surface area contributed by atoms with Gasteiger partial charge in [-0.05, 0) is 44.3 Å². The van der Waals surface area contributed by atoms with Gasteiger partial charge in [-0.3, -0.25) is 0 Å². The fraction of sp³-hybridized carbons (Fsp3) is 0.650. The minimum atomic E-state index is -4.04. The molecule has 0 atom stereocenters. The number of nitrogens with one attached hydrogen (secondary N) is 1. The molecule has 0 radical (unpaired) electrons. The lowest BCUT2D eigenvalue weighted by molar-refractivity contribution is -0.187. The predicted molar refractivity (Wildman–Crippen MR) is 117 cm³/mol. The summed E-state index contributed by atoms with van der Waals surface area (Å²) in [6.45, 7) is 1.75. The zero-order chi connectivity index (χ0) is 19.4. The normalized spacial score (nSPS) is 24.2. The number of aliphatic imine (C=N–C) groups is 1. The largest absolute Gasteiger partial charge is 0.391 e. The van der Waals surface area contributed by atoms with Crippen molar-refractivity contribution in [2.75, 3.05) is 27.2 Å². The lowest BCUT2D eigenvalue weighted by atomic mass is 9.83. The second-order valence-electron chi connectivity index (χ2n) is 7.84. The molecule has 2 fully saturated rings. The van der Waals surface area contributed by atoms with Crippen LogP contribution in [0.2, 0.25) is 0 Å². The van der Waals surface area contributed by atoms with E-state index in [4.69, 9.17) is 0 Å². The fourth-order valence-corrected chi connectivity index (χ4v) is 3.84. The van der Waals surface area contributed by atoms with Gasteiger partial charge >= 0.3 is 6.18 Å². The molecule has 0 aromatic heterocycles. The summed E-state index contributed by atoms with van der Waals surface area (Å²) in [7, 11) is 3.93. The van der Waals surface area contributed by atoms with Crippen LogP contribution >= 0.6 is 24.0 Å². The predicted octanol–water partition coefficient (Wildman–Crippen LogP) is 4.12. The standard InChI is InChI=1S/C20H29F3N4.HI/c1-26(2)19(24-14-15-6-4-3-5-7-15)25-17-12-18(13-17)27-10-8-16(9-11-27)20(21,22)23;/h3-7,16-18H,8-14H2,1-2H3,(H,24,25);1H. The zero-order valence-electron chi connectivity index (χ0n) is 16.5. The van der Waals surface area contributed by atoms with Crippen LogP contribution in [0.5, 0.6) is 0 Å². The van der Waals surface area contributed by atoms with Crippen molar-refractivity contribution >= 4 is 29.9 Å². The maximum Gasteiger partial charge on any atom is 0.391 e. The van der Waals surface area contributed by atoms with Crippen molar-refractivity contribution in [3.05, 3.63) is 35.9 Å². The summed E-state index contributed by atoms with van der Waals surface area (Å²) in [5, 5.41) is 3.49. The summed E-state index contributed by atoms with van der Waals surface area (Å²) < 4.78 is 38.4. The van der Waals surface area contributed by atoms with Gasteiger partial charge in [0.25, 0.3) is 0 Å². The molecule has 28 heavy (non-hydrogen) atoms. The molecule has 1 saturated heterocycles. The average Bonchev–Trinajstić information content (AvgIpc) is 2.60. The Bertz CT molecular complexity index is 622. The molecule has 0 spiro atoms. The van der Waals surface area contributed by atoms with Gasteiger partial charge in [-0.1, -0.05) is 30.3 Å². The Balaban J connectivity index is 0.00000280. The number of benzene rings is 1. The molecular formula is C20H30F3IN4. The van der Waals surface area contributed by atoms with Gasteiger partial charge in [0.1, 0.15) is 0 Å². The average molecular weight is 510 g/mol. The van der Waals surface area contributed by atoms with Gasteiger partial charge in [0.05, 0.1) is 12.5 Å². The van der Waals surface area contributed by atoms with Crippen LogP contribution in [0.4, 0.5) is 13.2 Å². The third-order valence-corrected chi connectivity index (χ3v) is 5.63. The Hall–Kier alpha value is -1.03. The number of rotatable bonds is 4. The number of alkyl halides is 3. The lowest BCUT2D eigenvalue weighted by Gasteiger charge is -2.46. The highest BCUT2D eigenvalue weighted by molar-refractivity contribution is 14.0. The van der Waals surface area contributed by atoms with Crippen LogP contribution in [-0.4, -0.2) is 61.2 Å². The van der Waals surface area contributed by atoms with E-state index in [1.165, 1.54) is 0 Å². The first-order valence-corrected chi connectivity index (χ1v) is 9.66. The highest BCUT2D eigenvalue weighted by atomic mass is 127. The minimum Gasteiger partial charge on any atom is -0.353 e. The summed E-state index contributed by atoms with van der Waals surface area (Å²) in [6, 6.07) is 10.9. The van der Waals surface area contributed by atoms with Crippen LogP contribution in [0.25, 0.3) is 0 Å². The van der Waals surface area contributed by atoms with Gasteiger partial charge in [-0.2, -0.15) is 13.2 Å². The van der Waals surface area contributed by atoms with Gasteiger partial charge in [-0.15, -0.1) is 24.0 Å². The van der Waals surface area contributed by atoms with Crippen LogP contribution in [0, 0.1) is 5.92 Å². The maximum atomic E-state index is 12.8. The van der Waals surface area contributed by atoms with Crippen molar-refractivity contribution in [1.82, 2.24) is 15.1 Å². The monoisotopic (exact) mass is 510 g/mol. The third kappa shape index (κ3) is 6.23. The number of likely N-dealkylation sites (tertiary alicyclic amines) is 1. The second-order valence-corrected chi connectivity index (χ2v) is 7.84. The van der Waals surface area contributed by atoms with E-state index in [2.05, 4.69) is 27.3 Å². The number of hydrogen-bond acceptors (Lipinski definition) is 2. The van der Waals surface area contributed by atoms with Gasteiger partial charge in [0.15, 0.2) is 5.96 Å². The van der Waals surface area contributed by atoms with E-state index in [1.54, 1.807) is 0 Å². The summed E-state index contributed by atoms with van der Waals surface area (Å²) >= 11 is 0. The molecule has 1 N–H and O–H groups in total. The molecular weight excluding hydrogens is 480 g/mol. The molecule has 8 heteroatoms. The Morgan fingerprint density at radius 1 is 1.14 bits per heavy atom. The van der Waals surface area contributed by atoms with Crippen molar-refractivity contribution < 1.29 is 13.2 Å². The third-order valence-electron chi connectivity index (χ3n) is 5.63. The lowest BCUT2D eigenvalue weighted by Crippen LogP contribution is -2.57. The molecule has 3 rings (SSSR count). The van der Waals surface area contributed by atoms with Gasteiger partial charge in [0, 0.05) is 26.2 Å². The van der Waals surface area contributed by atoms with Crippen molar-refractivity contribution in [3.63, 3.8) is 0 Å². The number of halogens is 4. The van der Waals surface area contributed by atoms with Crippen LogP contribution in [0.1, 0.15) is 31.2 Å². The molecule has 158 valence electrons. The summed E-state index contributed by atoms with van der Waals surface area (Å²) in [5.74, 6) is -0.258. The topological polar surface area (TPSA) is 30.9 Å². The van der Waals surface area contributed by atoms with E-state index in [9.17, 15) is 13.2 Å². The zero-order valence-corrected chi connectivity index (χ0v) is 18.8. The van der Waals surface area contributed by atoms with Crippen molar-refractivity contribution in [2.24, 2.45) is 10.9 Å². The van der Waals surface area contributed by atoms with Crippen molar-refractivity contribution in [1.29, 1.82) is 0 Å². The van der Waals surface area contributed by atoms with Crippen LogP contribution in [0.15, 0.2) is 35.3 Å². The maximum absolute atomic E-state index is 12.8. The Kier molecular flexibility index (Phi) is 8.42. The highest BCUT2D eigenvalue weighted by Gasteiger charge is 2.43. The van der Waals surface area contributed by atoms with Crippen molar-refractivity contribution in [2.45, 2.75) is 50.5 Å². The first-order chi connectivity index (χ1) is 12.8. The van der Waals surface area contributed by atoms with Crippen LogP contribution in [-0.2, 0) is 6.54 Å². The summed E-state index contributed by atoms with van der Waals surface area (Å²) in [6.07, 6.45) is -1.63. The van der Waals surface area contributed by atoms with Gasteiger partial charge < -0.3 is 15.1 Å². The first-order valence-electron chi connectivity index (χ1n) is 9.66. The molecule has 0 unspecified atom stereocenters. The van der Waals surface area contributed by atoms with E-state index >= 15 is 0 Å². The number of piperidine rings is 1. The molecule has 1 aromatic carbocycles. The molecule has 2 aliphatic rings. The van der Waals surface area contributed by atoms with E-state index in [0.29, 0.717) is 31.7 Å². The van der Waals surface area contributed by atoms with Gasteiger partial charge in [-0.25, -0.2) is 4.99 Å². The molecule has 1 aromatic rings. The fourth-order valence-electron chi connectivity index (χ4n) is 3.84. The quantitative estimate of drug-likeness (QED) is 0.376.